The highest BCUT2D eigenvalue weighted by Crippen LogP contribution is 2.32. The Morgan fingerprint density at radius 3 is 2.10 bits per heavy atom. The molecule has 0 fully saturated rings. The van der Waals surface area contributed by atoms with Gasteiger partial charge in [-0.05, 0) is 35.4 Å². The van der Waals surface area contributed by atoms with Crippen LogP contribution in [0.25, 0.3) is 0 Å². The minimum absolute atomic E-state index is 0.108. The van der Waals surface area contributed by atoms with E-state index >= 15 is 0 Å². The average Bonchev–Trinajstić information content (AvgIpc) is 2.49. The summed E-state index contributed by atoms with van der Waals surface area (Å²) in [6, 6.07) is 13.7. The van der Waals surface area contributed by atoms with Crippen LogP contribution in [0.4, 0.5) is 0 Å². The van der Waals surface area contributed by atoms with Crippen molar-refractivity contribution in [1.29, 1.82) is 0 Å². The highest BCUT2D eigenvalue weighted by molar-refractivity contribution is 9.10. The van der Waals surface area contributed by atoms with Crippen molar-refractivity contribution in [3.63, 3.8) is 0 Å². The van der Waals surface area contributed by atoms with E-state index in [-0.39, 0.29) is 6.04 Å². The summed E-state index contributed by atoms with van der Waals surface area (Å²) >= 11 is 3.43. The first-order chi connectivity index (χ1) is 9.69. The Morgan fingerprint density at radius 1 is 0.950 bits per heavy atom. The highest BCUT2D eigenvalue weighted by atomic mass is 79.9. The van der Waals surface area contributed by atoms with Gasteiger partial charge in [-0.15, -0.1) is 0 Å². The molecule has 0 aliphatic rings. The van der Waals surface area contributed by atoms with Gasteiger partial charge in [0.05, 0.1) is 20.3 Å². The Balaban J connectivity index is 2.39. The summed E-state index contributed by atoms with van der Waals surface area (Å²) in [5.74, 6) is 7.08. The van der Waals surface area contributed by atoms with E-state index in [1.165, 1.54) is 0 Å². The maximum Gasteiger partial charge on any atom is 0.161 e. The summed E-state index contributed by atoms with van der Waals surface area (Å²) in [6.07, 6.45) is 0. The molecule has 0 saturated carbocycles. The molecule has 0 saturated heterocycles. The monoisotopic (exact) mass is 336 g/mol. The number of methoxy groups -OCH3 is 2. The largest absolute Gasteiger partial charge is 0.493 e. The maximum atomic E-state index is 5.70. The molecule has 2 aromatic rings. The van der Waals surface area contributed by atoms with Crippen molar-refractivity contribution in [3.8, 4) is 11.5 Å². The number of halogens is 1. The predicted octanol–water partition coefficient (Wildman–Crippen LogP) is 3.02. The van der Waals surface area contributed by atoms with Crippen LogP contribution in [0, 0.1) is 0 Å². The molecule has 106 valence electrons. The van der Waals surface area contributed by atoms with Crippen LogP contribution in [0.1, 0.15) is 17.2 Å². The molecule has 0 bridgehead atoms. The molecule has 3 N–H and O–H groups in total. The van der Waals surface area contributed by atoms with Gasteiger partial charge in [0.15, 0.2) is 11.5 Å². The molecule has 0 heterocycles. The lowest BCUT2D eigenvalue weighted by molar-refractivity contribution is 0.354. The number of hydrogen-bond donors (Lipinski definition) is 2. The van der Waals surface area contributed by atoms with E-state index < -0.39 is 0 Å². The summed E-state index contributed by atoms with van der Waals surface area (Å²) in [5.41, 5.74) is 4.91. The van der Waals surface area contributed by atoms with Crippen LogP contribution in [0.15, 0.2) is 46.9 Å². The maximum absolute atomic E-state index is 5.70. The minimum Gasteiger partial charge on any atom is -0.493 e. The van der Waals surface area contributed by atoms with E-state index in [4.69, 9.17) is 15.3 Å². The van der Waals surface area contributed by atoms with Crippen molar-refractivity contribution in [1.82, 2.24) is 5.43 Å². The first kappa shape index (κ1) is 14.8. The molecule has 2 aromatic carbocycles. The van der Waals surface area contributed by atoms with E-state index in [1.54, 1.807) is 14.2 Å². The average molecular weight is 337 g/mol. The lowest BCUT2D eigenvalue weighted by atomic mass is 9.99. The number of nitrogens with one attached hydrogen (secondary N) is 1. The zero-order valence-electron chi connectivity index (χ0n) is 11.4. The van der Waals surface area contributed by atoms with E-state index in [2.05, 4.69) is 21.4 Å². The number of ether oxygens (including phenoxy) is 2. The van der Waals surface area contributed by atoms with Crippen LogP contribution in [0.3, 0.4) is 0 Å². The van der Waals surface area contributed by atoms with E-state index in [1.807, 2.05) is 42.5 Å². The summed E-state index contributed by atoms with van der Waals surface area (Å²) in [6.45, 7) is 0. The smallest absolute Gasteiger partial charge is 0.161 e. The second-order valence-corrected chi connectivity index (χ2v) is 5.18. The molecule has 2 rings (SSSR count). The van der Waals surface area contributed by atoms with Crippen LogP contribution >= 0.6 is 15.9 Å². The minimum atomic E-state index is -0.108. The van der Waals surface area contributed by atoms with Gasteiger partial charge in [-0.3, -0.25) is 5.84 Å². The second-order valence-electron chi connectivity index (χ2n) is 4.27. The van der Waals surface area contributed by atoms with Crippen molar-refractivity contribution >= 4 is 15.9 Å². The van der Waals surface area contributed by atoms with Gasteiger partial charge in [-0.1, -0.05) is 34.1 Å². The Kier molecular flexibility index (Phi) is 5.00. The van der Waals surface area contributed by atoms with Crippen LogP contribution in [0.2, 0.25) is 0 Å². The van der Waals surface area contributed by atoms with Gasteiger partial charge in [0, 0.05) is 4.47 Å². The summed E-state index contributed by atoms with van der Waals surface area (Å²) < 4.78 is 11.6. The van der Waals surface area contributed by atoms with Gasteiger partial charge in [0.1, 0.15) is 0 Å². The van der Waals surface area contributed by atoms with Gasteiger partial charge in [-0.25, -0.2) is 5.43 Å². The standard InChI is InChI=1S/C15H17BrN2O2/c1-19-13-8-5-11(9-14(13)20-2)15(18-17)10-3-6-12(16)7-4-10/h3-9,15,18H,17H2,1-2H3. The Hall–Kier alpha value is -1.56. The zero-order chi connectivity index (χ0) is 14.5. The van der Waals surface area contributed by atoms with Crippen molar-refractivity contribution in [2.45, 2.75) is 6.04 Å². The van der Waals surface area contributed by atoms with Gasteiger partial charge in [0.2, 0.25) is 0 Å². The predicted molar refractivity (Wildman–Crippen MR) is 82.9 cm³/mol. The third kappa shape index (κ3) is 3.12. The quantitative estimate of drug-likeness (QED) is 0.651. The van der Waals surface area contributed by atoms with Gasteiger partial charge < -0.3 is 9.47 Å². The summed E-state index contributed by atoms with van der Waals surface area (Å²) in [4.78, 5) is 0. The molecule has 0 amide bonds. The van der Waals surface area contributed by atoms with Crippen LogP contribution in [-0.4, -0.2) is 14.2 Å². The topological polar surface area (TPSA) is 56.5 Å². The van der Waals surface area contributed by atoms with Gasteiger partial charge in [0.25, 0.3) is 0 Å². The summed E-state index contributed by atoms with van der Waals surface area (Å²) in [7, 11) is 3.23. The molecule has 0 aromatic heterocycles. The first-order valence-electron chi connectivity index (χ1n) is 6.13. The molecule has 5 heteroatoms. The molecule has 4 nitrogen and oxygen atoms in total. The normalized spacial score (nSPS) is 12.0. The van der Waals surface area contributed by atoms with Crippen LogP contribution in [-0.2, 0) is 0 Å². The number of hydrazine groups is 1. The third-order valence-corrected chi connectivity index (χ3v) is 3.64. The highest BCUT2D eigenvalue weighted by Gasteiger charge is 2.15. The molecular formula is C15H17BrN2O2. The number of nitrogens with two attached hydrogens (primary N) is 1. The molecule has 20 heavy (non-hydrogen) atoms. The Bertz CT molecular complexity index is 573. The fourth-order valence-electron chi connectivity index (χ4n) is 2.07. The van der Waals surface area contributed by atoms with Crippen molar-refractivity contribution < 1.29 is 9.47 Å². The van der Waals surface area contributed by atoms with E-state index in [9.17, 15) is 0 Å². The molecule has 0 aliphatic carbocycles. The SMILES string of the molecule is COc1ccc(C(NN)c2ccc(Br)cc2)cc1OC. The van der Waals surface area contributed by atoms with Crippen LogP contribution in [0.5, 0.6) is 11.5 Å². The molecular weight excluding hydrogens is 320 g/mol. The van der Waals surface area contributed by atoms with Gasteiger partial charge >= 0.3 is 0 Å². The van der Waals surface area contributed by atoms with Gasteiger partial charge in [-0.2, -0.15) is 0 Å². The zero-order valence-corrected chi connectivity index (χ0v) is 13.0. The lowest BCUT2D eigenvalue weighted by Gasteiger charge is -2.18. The van der Waals surface area contributed by atoms with E-state index in [0.717, 1.165) is 15.6 Å². The molecule has 0 radical (unpaired) electrons. The van der Waals surface area contributed by atoms with E-state index in [0.29, 0.717) is 11.5 Å². The van der Waals surface area contributed by atoms with Crippen LogP contribution < -0.4 is 20.7 Å². The first-order valence-corrected chi connectivity index (χ1v) is 6.92. The third-order valence-electron chi connectivity index (χ3n) is 3.11. The number of hydrogen-bond acceptors (Lipinski definition) is 4. The fourth-order valence-corrected chi connectivity index (χ4v) is 2.34. The van der Waals surface area contributed by atoms with Crippen molar-refractivity contribution in [3.05, 3.63) is 58.1 Å². The molecule has 0 aliphatic heterocycles. The summed E-state index contributed by atoms with van der Waals surface area (Å²) in [5, 5.41) is 0. The van der Waals surface area contributed by atoms with Crippen molar-refractivity contribution in [2.75, 3.05) is 14.2 Å². The Morgan fingerprint density at radius 2 is 1.55 bits per heavy atom. The second kappa shape index (κ2) is 6.74. The number of rotatable bonds is 5. The molecule has 1 atom stereocenters. The number of benzene rings is 2. The van der Waals surface area contributed by atoms with Crippen molar-refractivity contribution in [2.24, 2.45) is 5.84 Å². The fraction of sp³-hybridized carbons (Fsp3) is 0.200. The Labute approximate surface area is 127 Å². The molecule has 1 unspecified atom stereocenters. The molecule has 0 spiro atoms. The lowest BCUT2D eigenvalue weighted by Crippen LogP contribution is -2.28.